The Hall–Kier alpha value is -2.42. The minimum Gasteiger partial charge on any atom is -0.493 e. The van der Waals surface area contributed by atoms with E-state index < -0.39 is 0 Å². The van der Waals surface area contributed by atoms with Gasteiger partial charge in [0.1, 0.15) is 11.6 Å². The first-order chi connectivity index (χ1) is 13.0. The number of rotatable bonds is 7. The van der Waals surface area contributed by atoms with Crippen molar-refractivity contribution < 1.29 is 13.9 Å². The van der Waals surface area contributed by atoms with E-state index in [1.807, 2.05) is 29.0 Å². The number of hydrogen-bond acceptors (Lipinski definition) is 3. The van der Waals surface area contributed by atoms with Gasteiger partial charge in [0.25, 0.3) is 5.91 Å². The zero-order valence-corrected chi connectivity index (χ0v) is 17.0. The number of nitrogens with zero attached hydrogens (tertiary/aromatic N) is 3. The number of hydrogen-bond donors (Lipinski definition) is 0. The third-order valence-electron chi connectivity index (χ3n) is 4.03. The van der Waals surface area contributed by atoms with Crippen molar-refractivity contribution in [1.29, 1.82) is 0 Å². The standard InChI is InChI=1S/C20H19FIN3O2/c1-24(14-25-10-9-23-13-25)20(26)19-7-4-17(22)12-15(19)8-11-27-18-5-2-16(21)3-6-18/h2-7,9-10,12-13H,8,11,14H2,1H3. The molecule has 0 bridgehead atoms. The van der Waals surface area contributed by atoms with Crippen molar-refractivity contribution in [1.82, 2.24) is 14.5 Å². The van der Waals surface area contributed by atoms with Crippen LogP contribution in [0.2, 0.25) is 0 Å². The minimum atomic E-state index is -0.297. The zero-order chi connectivity index (χ0) is 19.2. The molecule has 27 heavy (non-hydrogen) atoms. The van der Waals surface area contributed by atoms with E-state index in [0.29, 0.717) is 31.0 Å². The summed E-state index contributed by atoms with van der Waals surface area (Å²) in [6.45, 7) is 0.827. The van der Waals surface area contributed by atoms with Crippen LogP contribution in [0.3, 0.4) is 0 Å². The van der Waals surface area contributed by atoms with Crippen LogP contribution in [0.4, 0.5) is 4.39 Å². The van der Waals surface area contributed by atoms with Crippen molar-refractivity contribution in [3.63, 3.8) is 0 Å². The number of ether oxygens (including phenoxy) is 1. The Labute approximate surface area is 170 Å². The summed E-state index contributed by atoms with van der Waals surface area (Å²) in [5.41, 5.74) is 1.58. The second kappa shape index (κ2) is 8.98. The Morgan fingerprint density at radius 2 is 2.04 bits per heavy atom. The number of carbonyl (C=O) groups excluding carboxylic acids is 1. The van der Waals surface area contributed by atoms with Gasteiger partial charge in [0.15, 0.2) is 0 Å². The molecule has 140 valence electrons. The fourth-order valence-electron chi connectivity index (χ4n) is 2.67. The van der Waals surface area contributed by atoms with Gasteiger partial charge in [-0.3, -0.25) is 4.79 Å². The fraction of sp³-hybridized carbons (Fsp3) is 0.200. The van der Waals surface area contributed by atoms with Gasteiger partial charge in [0, 0.05) is 35.0 Å². The third-order valence-corrected chi connectivity index (χ3v) is 4.70. The van der Waals surface area contributed by atoms with Crippen LogP contribution in [0.25, 0.3) is 0 Å². The summed E-state index contributed by atoms with van der Waals surface area (Å²) in [5, 5.41) is 0. The van der Waals surface area contributed by atoms with Crippen LogP contribution in [0.1, 0.15) is 15.9 Å². The van der Waals surface area contributed by atoms with E-state index in [2.05, 4.69) is 27.6 Å². The molecule has 0 aliphatic heterocycles. The summed E-state index contributed by atoms with van der Waals surface area (Å²) in [6.07, 6.45) is 5.75. The maximum absolute atomic E-state index is 13.0. The first-order valence-corrected chi connectivity index (χ1v) is 9.49. The molecule has 0 spiro atoms. The fourth-order valence-corrected chi connectivity index (χ4v) is 3.23. The van der Waals surface area contributed by atoms with Crippen molar-refractivity contribution in [2.75, 3.05) is 13.7 Å². The van der Waals surface area contributed by atoms with Gasteiger partial charge in [-0.2, -0.15) is 0 Å². The van der Waals surface area contributed by atoms with Crippen LogP contribution < -0.4 is 4.74 Å². The summed E-state index contributed by atoms with van der Waals surface area (Å²) in [6, 6.07) is 11.7. The second-order valence-electron chi connectivity index (χ2n) is 6.08. The van der Waals surface area contributed by atoms with E-state index in [1.165, 1.54) is 12.1 Å². The molecule has 0 atom stereocenters. The predicted molar refractivity (Wildman–Crippen MR) is 109 cm³/mol. The molecule has 3 rings (SSSR count). The zero-order valence-electron chi connectivity index (χ0n) is 14.8. The van der Waals surface area contributed by atoms with Crippen LogP contribution in [-0.2, 0) is 13.1 Å². The molecule has 3 aromatic rings. The van der Waals surface area contributed by atoms with Crippen LogP contribution in [0, 0.1) is 9.39 Å². The van der Waals surface area contributed by atoms with E-state index in [1.54, 1.807) is 36.6 Å². The maximum Gasteiger partial charge on any atom is 0.255 e. The summed E-state index contributed by atoms with van der Waals surface area (Å²) in [7, 11) is 1.76. The SMILES string of the molecule is CN(Cn1ccnc1)C(=O)c1ccc(I)cc1CCOc1ccc(F)cc1. The number of imidazole rings is 1. The molecule has 1 aromatic heterocycles. The highest BCUT2D eigenvalue weighted by atomic mass is 127. The van der Waals surface area contributed by atoms with E-state index in [9.17, 15) is 9.18 Å². The van der Waals surface area contributed by atoms with E-state index in [-0.39, 0.29) is 11.7 Å². The topological polar surface area (TPSA) is 47.4 Å². The first kappa shape index (κ1) is 19.3. The maximum atomic E-state index is 13.0. The molecule has 1 heterocycles. The van der Waals surface area contributed by atoms with Gasteiger partial charge in [-0.15, -0.1) is 0 Å². The van der Waals surface area contributed by atoms with Crippen molar-refractivity contribution in [2.24, 2.45) is 0 Å². The van der Waals surface area contributed by atoms with Gasteiger partial charge in [-0.1, -0.05) is 0 Å². The molecule has 2 aromatic carbocycles. The smallest absolute Gasteiger partial charge is 0.255 e. The summed E-state index contributed by atoms with van der Waals surface area (Å²) in [4.78, 5) is 18.5. The summed E-state index contributed by atoms with van der Waals surface area (Å²) < 4.78 is 21.5. The lowest BCUT2D eigenvalue weighted by Crippen LogP contribution is -2.29. The van der Waals surface area contributed by atoms with E-state index in [0.717, 1.165) is 9.13 Å². The number of carbonyl (C=O) groups is 1. The lowest BCUT2D eigenvalue weighted by Gasteiger charge is -2.20. The lowest BCUT2D eigenvalue weighted by molar-refractivity contribution is 0.0751. The Balaban J connectivity index is 1.68. The summed E-state index contributed by atoms with van der Waals surface area (Å²) in [5.74, 6) is 0.248. The molecular formula is C20H19FIN3O2. The van der Waals surface area contributed by atoms with Crippen LogP contribution >= 0.6 is 22.6 Å². The minimum absolute atomic E-state index is 0.0584. The Morgan fingerprint density at radius 3 is 2.74 bits per heavy atom. The van der Waals surface area contributed by atoms with Gasteiger partial charge < -0.3 is 14.2 Å². The average Bonchev–Trinajstić information content (AvgIpc) is 3.16. The molecule has 0 N–H and O–H groups in total. The largest absolute Gasteiger partial charge is 0.493 e. The summed E-state index contributed by atoms with van der Waals surface area (Å²) >= 11 is 2.23. The number of benzene rings is 2. The predicted octanol–water partition coefficient (Wildman–Crippen LogP) is 3.98. The number of halogens is 2. The normalized spacial score (nSPS) is 10.6. The van der Waals surface area contributed by atoms with Crippen molar-refractivity contribution >= 4 is 28.5 Å². The lowest BCUT2D eigenvalue weighted by atomic mass is 10.0. The number of amides is 1. The molecule has 1 amide bonds. The van der Waals surface area contributed by atoms with Crippen LogP contribution in [0.15, 0.2) is 61.2 Å². The van der Waals surface area contributed by atoms with Crippen LogP contribution in [-0.4, -0.2) is 34.0 Å². The number of aromatic nitrogens is 2. The molecule has 0 saturated heterocycles. The first-order valence-electron chi connectivity index (χ1n) is 8.41. The highest BCUT2D eigenvalue weighted by Gasteiger charge is 2.16. The molecule has 0 saturated carbocycles. The molecule has 0 unspecified atom stereocenters. The Kier molecular flexibility index (Phi) is 6.44. The molecule has 7 heteroatoms. The highest BCUT2D eigenvalue weighted by Crippen LogP contribution is 2.18. The van der Waals surface area contributed by atoms with E-state index >= 15 is 0 Å². The third kappa shape index (κ3) is 5.29. The highest BCUT2D eigenvalue weighted by molar-refractivity contribution is 14.1. The van der Waals surface area contributed by atoms with Gasteiger partial charge in [0.2, 0.25) is 0 Å². The van der Waals surface area contributed by atoms with Crippen molar-refractivity contribution in [3.05, 3.63) is 81.7 Å². The molecule has 0 aliphatic rings. The Bertz CT molecular complexity index is 898. The van der Waals surface area contributed by atoms with E-state index in [4.69, 9.17) is 4.74 Å². The van der Waals surface area contributed by atoms with Gasteiger partial charge >= 0.3 is 0 Å². The molecule has 0 radical (unpaired) electrons. The average molecular weight is 479 g/mol. The Morgan fingerprint density at radius 1 is 1.26 bits per heavy atom. The van der Waals surface area contributed by atoms with Crippen molar-refractivity contribution in [3.8, 4) is 5.75 Å². The monoisotopic (exact) mass is 479 g/mol. The molecule has 0 fully saturated rings. The van der Waals surface area contributed by atoms with Gasteiger partial charge in [0.05, 0.1) is 19.6 Å². The molecular weight excluding hydrogens is 460 g/mol. The van der Waals surface area contributed by atoms with Crippen LogP contribution in [0.5, 0.6) is 5.75 Å². The molecule has 5 nitrogen and oxygen atoms in total. The van der Waals surface area contributed by atoms with Gasteiger partial charge in [-0.25, -0.2) is 9.37 Å². The quantitative estimate of drug-likeness (QED) is 0.482. The second-order valence-corrected chi connectivity index (χ2v) is 7.32. The van der Waals surface area contributed by atoms with Crippen molar-refractivity contribution in [2.45, 2.75) is 13.1 Å². The van der Waals surface area contributed by atoms with Gasteiger partial charge in [-0.05, 0) is 70.6 Å². The molecule has 0 aliphatic carbocycles.